The number of hydrogen-bond donors (Lipinski definition) is 2. The molecule has 2 fully saturated rings. The Balaban J connectivity index is 1.29. The number of rotatable bonds is 8. The molecule has 2 atom stereocenters. The minimum Gasteiger partial charge on any atom is -0.479 e. The molecule has 0 aromatic carbocycles. The molecule has 0 aliphatic heterocycles. The van der Waals surface area contributed by atoms with E-state index in [2.05, 4.69) is 20.9 Å². The summed E-state index contributed by atoms with van der Waals surface area (Å²) in [5, 5.41) is 13.6. The van der Waals surface area contributed by atoms with Crippen LogP contribution >= 0.6 is 0 Å². The number of hydrogen-bond acceptors (Lipinski definition) is 8. The molecule has 4 rings (SSSR count). The van der Waals surface area contributed by atoms with Gasteiger partial charge in [-0.15, -0.1) is 0 Å². The van der Waals surface area contributed by atoms with Gasteiger partial charge in [-0.2, -0.15) is 0 Å². The van der Waals surface area contributed by atoms with Gasteiger partial charge in [0.25, 0.3) is 11.8 Å². The lowest BCUT2D eigenvalue weighted by molar-refractivity contribution is -0.133. The molecular weight excluding hydrogens is 380 g/mol. The van der Waals surface area contributed by atoms with Crippen molar-refractivity contribution < 1.29 is 28.1 Å². The van der Waals surface area contributed by atoms with Crippen molar-refractivity contribution in [3.63, 3.8) is 0 Å². The van der Waals surface area contributed by atoms with Crippen molar-refractivity contribution in [1.82, 2.24) is 20.9 Å². The van der Waals surface area contributed by atoms with Crippen LogP contribution in [-0.2, 0) is 22.4 Å². The highest BCUT2D eigenvalue weighted by atomic mass is 16.5. The summed E-state index contributed by atoms with van der Waals surface area (Å²) >= 11 is 0. The fourth-order valence-corrected chi connectivity index (χ4v) is 4.23. The van der Waals surface area contributed by atoms with Crippen molar-refractivity contribution in [2.75, 3.05) is 14.2 Å². The normalized spacial score (nSPS) is 21.7. The number of ether oxygens (including phenoxy) is 2. The van der Waals surface area contributed by atoms with E-state index < -0.39 is 0 Å². The highest BCUT2D eigenvalue weighted by Crippen LogP contribution is 2.56. The minimum absolute atomic E-state index is 0.0456. The summed E-state index contributed by atoms with van der Waals surface area (Å²) in [4.78, 5) is 24.8. The Morgan fingerprint density at radius 1 is 1.00 bits per heavy atom. The second-order valence-corrected chi connectivity index (χ2v) is 7.59. The Labute approximate surface area is 167 Å². The van der Waals surface area contributed by atoms with Crippen LogP contribution < -0.4 is 20.1 Å². The van der Waals surface area contributed by atoms with Crippen LogP contribution in [0.1, 0.15) is 37.2 Å². The van der Waals surface area contributed by atoms with Gasteiger partial charge in [0.05, 0.1) is 27.1 Å². The summed E-state index contributed by atoms with van der Waals surface area (Å²) in [6.07, 6.45) is 3.97. The van der Waals surface area contributed by atoms with Crippen molar-refractivity contribution in [2.24, 2.45) is 5.41 Å². The van der Waals surface area contributed by atoms with E-state index in [1.54, 1.807) is 12.1 Å². The van der Waals surface area contributed by atoms with Crippen LogP contribution in [0, 0.1) is 5.41 Å². The fourth-order valence-electron chi connectivity index (χ4n) is 4.23. The number of methoxy groups -OCH3 is 2. The first-order valence-electron chi connectivity index (χ1n) is 9.60. The van der Waals surface area contributed by atoms with Crippen LogP contribution in [-0.4, -0.2) is 48.4 Å². The fraction of sp³-hybridized carbons (Fsp3) is 0.579. The number of aromatic nitrogens is 2. The van der Waals surface area contributed by atoms with E-state index in [9.17, 15) is 9.59 Å². The van der Waals surface area contributed by atoms with Crippen LogP contribution in [0.2, 0.25) is 0 Å². The Morgan fingerprint density at radius 2 is 1.48 bits per heavy atom. The van der Waals surface area contributed by atoms with Gasteiger partial charge >= 0.3 is 0 Å². The van der Waals surface area contributed by atoms with Gasteiger partial charge < -0.3 is 29.2 Å². The molecular formula is C19H24N4O6. The molecule has 2 amide bonds. The van der Waals surface area contributed by atoms with Gasteiger partial charge in [-0.3, -0.25) is 9.59 Å². The molecule has 1 spiro atoms. The number of nitrogens with one attached hydrogen (secondary N) is 2. The van der Waals surface area contributed by atoms with Crippen molar-refractivity contribution in [3.05, 3.63) is 23.7 Å². The molecule has 29 heavy (non-hydrogen) atoms. The van der Waals surface area contributed by atoms with Gasteiger partial charge in [0.2, 0.25) is 11.8 Å². The minimum atomic E-state index is -0.126. The quantitative estimate of drug-likeness (QED) is 0.667. The molecule has 2 heterocycles. The summed E-state index contributed by atoms with van der Waals surface area (Å²) < 4.78 is 20.1. The standard InChI is InChI=1S/C19H24N4O6/c1-26-17-8-11(28-22-17)6-15(24)20-13-10-14(19(13)4-3-5-19)21-16(25)7-12-9-18(27-2)23-29-12/h8-9,13-14H,3-7,10H2,1-2H3,(H,20,24)(H,21,25). The lowest BCUT2D eigenvalue weighted by atomic mass is 9.49. The predicted octanol–water partition coefficient (Wildman–Crippen LogP) is 1.01. The van der Waals surface area contributed by atoms with Gasteiger partial charge in [0.15, 0.2) is 0 Å². The number of nitrogens with zero attached hydrogens (tertiary/aromatic N) is 2. The van der Waals surface area contributed by atoms with Crippen LogP contribution in [0.5, 0.6) is 11.8 Å². The van der Waals surface area contributed by atoms with Crippen molar-refractivity contribution >= 4 is 11.8 Å². The van der Waals surface area contributed by atoms with Gasteiger partial charge in [0.1, 0.15) is 11.5 Å². The molecule has 2 saturated carbocycles. The van der Waals surface area contributed by atoms with E-state index in [-0.39, 0.29) is 42.2 Å². The van der Waals surface area contributed by atoms with Crippen molar-refractivity contribution in [2.45, 2.75) is 50.6 Å². The first-order valence-corrected chi connectivity index (χ1v) is 9.60. The molecule has 2 unspecified atom stereocenters. The molecule has 2 aliphatic rings. The molecule has 0 radical (unpaired) electrons. The van der Waals surface area contributed by atoms with Crippen LogP contribution in [0.3, 0.4) is 0 Å². The first kappa shape index (κ1) is 19.3. The Bertz CT molecular complexity index is 821. The summed E-state index contributed by atoms with van der Waals surface area (Å²) in [7, 11) is 2.98. The Kier molecular flexibility index (Phi) is 5.16. The maximum absolute atomic E-state index is 12.4. The van der Waals surface area contributed by atoms with Crippen LogP contribution in [0.25, 0.3) is 0 Å². The zero-order chi connectivity index (χ0) is 20.4. The molecule has 2 aromatic heterocycles. The van der Waals surface area contributed by atoms with Gasteiger partial charge in [-0.05, 0) is 29.6 Å². The molecule has 10 nitrogen and oxygen atoms in total. The predicted molar refractivity (Wildman–Crippen MR) is 98.3 cm³/mol. The van der Waals surface area contributed by atoms with E-state index >= 15 is 0 Å². The summed E-state index contributed by atoms with van der Waals surface area (Å²) in [6, 6.07) is 3.29. The zero-order valence-electron chi connectivity index (χ0n) is 16.4. The summed E-state index contributed by atoms with van der Waals surface area (Å²) in [6.45, 7) is 0. The monoisotopic (exact) mass is 404 g/mol. The molecule has 0 bridgehead atoms. The van der Waals surface area contributed by atoms with Gasteiger partial charge in [0, 0.05) is 29.6 Å². The van der Waals surface area contributed by atoms with E-state index in [4.69, 9.17) is 18.5 Å². The lowest BCUT2D eigenvalue weighted by Crippen LogP contribution is -2.71. The number of carbonyl (C=O) groups is 2. The molecule has 2 N–H and O–H groups in total. The average Bonchev–Trinajstić information content (AvgIpc) is 3.28. The van der Waals surface area contributed by atoms with Crippen molar-refractivity contribution in [3.8, 4) is 11.8 Å². The maximum atomic E-state index is 12.4. The third-order valence-corrected chi connectivity index (χ3v) is 5.98. The van der Waals surface area contributed by atoms with Crippen LogP contribution in [0.15, 0.2) is 21.2 Å². The van der Waals surface area contributed by atoms with Crippen LogP contribution in [0.4, 0.5) is 0 Å². The molecule has 2 aromatic rings. The SMILES string of the molecule is COc1cc(CC(=O)NC2CC(NC(=O)Cc3cc(OC)no3)C23CCC3)on1. The molecule has 156 valence electrons. The van der Waals surface area contributed by atoms with Crippen molar-refractivity contribution in [1.29, 1.82) is 0 Å². The summed E-state index contributed by atoms with van der Waals surface area (Å²) in [5.41, 5.74) is -0.0659. The third kappa shape index (κ3) is 3.79. The van der Waals surface area contributed by atoms with Gasteiger partial charge in [-0.1, -0.05) is 6.42 Å². The third-order valence-electron chi connectivity index (χ3n) is 5.98. The largest absolute Gasteiger partial charge is 0.479 e. The van der Waals surface area contributed by atoms with E-state index in [0.717, 1.165) is 19.3 Å². The zero-order valence-corrected chi connectivity index (χ0v) is 16.4. The topological polar surface area (TPSA) is 129 Å². The Morgan fingerprint density at radius 3 is 1.83 bits per heavy atom. The highest BCUT2D eigenvalue weighted by Gasteiger charge is 2.59. The van der Waals surface area contributed by atoms with E-state index in [1.807, 2.05) is 0 Å². The Hall–Kier alpha value is -3.04. The second kappa shape index (κ2) is 7.76. The molecule has 2 aliphatic carbocycles. The molecule has 0 saturated heterocycles. The van der Waals surface area contributed by atoms with E-state index in [1.165, 1.54) is 14.2 Å². The average molecular weight is 404 g/mol. The highest BCUT2D eigenvalue weighted by molar-refractivity contribution is 5.80. The first-order chi connectivity index (χ1) is 14.0. The lowest BCUT2D eigenvalue weighted by Gasteiger charge is -2.61. The van der Waals surface area contributed by atoms with E-state index in [0.29, 0.717) is 29.7 Å². The number of amides is 2. The maximum Gasteiger partial charge on any atom is 0.254 e. The smallest absolute Gasteiger partial charge is 0.254 e. The van der Waals surface area contributed by atoms with Gasteiger partial charge in [-0.25, -0.2) is 0 Å². The number of carbonyl (C=O) groups excluding carboxylic acids is 2. The second-order valence-electron chi connectivity index (χ2n) is 7.59. The molecule has 10 heteroatoms. The summed E-state index contributed by atoms with van der Waals surface area (Å²) in [5.74, 6) is 1.35.